The highest BCUT2D eigenvalue weighted by molar-refractivity contribution is 6.35. The number of benzene rings is 1. The van der Waals surface area contributed by atoms with E-state index in [1.54, 1.807) is 6.07 Å². The third-order valence-corrected chi connectivity index (χ3v) is 4.32. The number of nitrogens with two attached hydrogens (primary N) is 1. The third-order valence-electron chi connectivity index (χ3n) is 3.83. The Morgan fingerprint density at radius 1 is 1.38 bits per heavy atom. The topological polar surface area (TPSA) is 44.5 Å². The van der Waals surface area contributed by atoms with Crippen LogP contribution in [0.1, 0.15) is 38.7 Å². The van der Waals surface area contributed by atoms with Crippen LogP contribution in [0.5, 0.6) is 5.75 Å². The van der Waals surface area contributed by atoms with Crippen molar-refractivity contribution < 1.29 is 9.47 Å². The van der Waals surface area contributed by atoms with Crippen LogP contribution >= 0.6 is 23.2 Å². The highest BCUT2D eigenvalue weighted by Gasteiger charge is 2.23. The van der Waals surface area contributed by atoms with Crippen LogP contribution in [0.25, 0.3) is 0 Å². The molecule has 0 amide bonds. The van der Waals surface area contributed by atoms with E-state index >= 15 is 0 Å². The van der Waals surface area contributed by atoms with Crippen molar-refractivity contribution in [2.24, 2.45) is 5.73 Å². The van der Waals surface area contributed by atoms with E-state index in [0.29, 0.717) is 34.9 Å². The van der Waals surface area contributed by atoms with Crippen LogP contribution in [-0.4, -0.2) is 24.9 Å². The fraction of sp³-hybridized carbons (Fsp3) is 0.625. The van der Waals surface area contributed by atoms with E-state index in [-0.39, 0.29) is 12.1 Å². The summed E-state index contributed by atoms with van der Waals surface area (Å²) in [6.45, 7) is 4.66. The van der Waals surface area contributed by atoms with Gasteiger partial charge in [-0.25, -0.2) is 0 Å². The van der Waals surface area contributed by atoms with Crippen molar-refractivity contribution in [3.05, 3.63) is 27.7 Å². The minimum absolute atomic E-state index is 0.0737. The van der Waals surface area contributed by atoms with Crippen molar-refractivity contribution in [1.29, 1.82) is 0 Å². The molecule has 118 valence electrons. The first-order valence-corrected chi connectivity index (χ1v) is 8.27. The SMILES string of the molecule is CCC(N)Cc1cc(Cl)cc(Cl)c1OCC1CCC(C)O1. The zero-order valence-electron chi connectivity index (χ0n) is 12.6. The van der Waals surface area contributed by atoms with Gasteiger partial charge in [0.15, 0.2) is 0 Å². The fourth-order valence-electron chi connectivity index (χ4n) is 2.54. The summed E-state index contributed by atoms with van der Waals surface area (Å²) in [6.07, 6.45) is 4.15. The second-order valence-electron chi connectivity index (χ2n) is 5.71. The van der Waals surface area contributed by atoms with Gasteiger partial charge in [-0.05, 0) is 50.3 Å². The molecule has 0 spiro atoms. The van der Waals surface area contributed by atoms with Crippen LogP contribution in [0.4, 0.5) is 0 Å². The Kier molecular flexibility index (Phi) is 6.18. The molecule has 2 N–H and O–H groups in total. The summed E-state index contributed by atoms with van der Waals surface area (Å²) in [5, 5.41) is 1.14. The van der Waals surface area contributed by atoms with Crippen LogP contribution < -0.4 is 10.5 Å². The lowest BCUT2D eigenvalue weighted by atomic mass is 10.0. The quantitative estimate of drug-likeness (QED) is 0.848. The van der Waals surface area contributed by atoms with Gasteiger partial charge in [0.25, 0.3) is 0 Å². The van der Waals surface area contributed by atoms with E-state index in [4.69, 9.17) is 38.4 Å². The van der Waals surface area contributed by atoms with Gasteiger partial charge in [0.05, 0.1) is 17.2 Å². The van der Waals surface area contributed by atoms with Crippen LogP contribution in [0.2, 0.25) is 10.0 Å². The molecule has 1 heterocycles. The predicted octanol–water partition coefficient (Wildman–Crippen LogP) is 4.22. The second kappa shape index (κ2) is 7.68. The molecule has 1 saturated heterocycles. The molecule has 1 fully saturated rings. The molecule has 21 heavy (non-hydrogen) atoms. The highest BCUT2D eigenvalue weighted by atomic mass is 35.5. The minimum atomic E-state index is 0.0737. The van der Waals surface area contributed by atoms with Gasteiger partial charge in [-0.1, -0.05) is 30.1 Å². The minimum Gasteiger partial charge on any atom is -0.489 e. The van der Waals surface area contributed by atoms with Gasteiger partial charge in [0.1, 0.15) is 12.4 Å². The Balaban J connectivity index is 2.09. The van der Waals surface area contributed by atoms with E-state index in [0.717, 1.165) is 24.8 Å². The van der Waals surface area contributed by atoms with Crippen LogP contribution in [0.15, 0.2) is 12.1 Å². The summed E-state index contributed by atoms with van der Waals surface area (Å²) in [5.74, 6) is 0.688. The summed E-state index contributed by atoms with van der Waals surface area (Å²) in [4.78, 5) is 0. The summed E-state index contributed by atoms with van der Waals surface area (Å²) in [6, 6.07) is 3.66. The molecule has 1 aliphatic heterocycles. The van der Waals surface area contributed by atoms with E-state index in [2.05, 4.69) is 13.8 Å². The Morgan fingerprint density at radius 3 is 2.76 bits per heavy atom. The maximum Gasteiger partial charge on any atom is 0.141 e. The maximum atomic E-state index is 6.28. The van der Waals surface area contributed by atoms with E-state index < -0.39 is 0 Å². The Hall–Kier alpha value is -0.480. The molecule has 5 heteroatoms. The molecule has 3 unspecified atom stereocenters. The predicted molar refractivity (Wildman–Crippen MR) is 87.5 cm³/mol. The smallest absolute Gasteiger partial charge is 0.141 e. The number of rotatable bonds is 6. The van der Waals surface area contributed by atoms with Crippen molar-refractivity contribution >= 4 is 23.2 Å². The van der Waals surface area contributed by atoms with Gasteiger partial charge >= 0.3 is 0 Å². The van der Waals surface area contributed by atoms with E-state index in [1.165, 1.54) is 0 Å². The van der Waals surface area contributed by atoms with Crippen molar-refractivity contribution in [1.82, 2.24) is 0 Å². The van der Waals surface area contributed by atoms with Crippen molar-refractivity contribution in [3.63, 3.8) is 0 Å². The van der Waals surface area contributed by atoms with Crippen LogP contribution in [0.3, 0.4) is 0 Å². The van der Waals surface area contributed by atoms with Gasteiger partial charge in [-0.15, -0.1) is 0 Å². The van der Waals surface area contributed by atoms with Gasteiger partial charge in [-0.3, -0.25) is 0 Å². The Bertz CT molecular complexity index is 482. The molecule has 0 aromatic heterocycles. The van der Waals surface area contributed by atoms with Crippen LogP contribution in [-0.2, 0) is 11.2 Å². The first-order valence-electron chi connectivity index (χ1n) is 7.51. The van der Waals surface area contributed by atoms with Gasteiger partial charge in [0, 0.05) is 11.1 Å². The van der Waals surface area contributed by atoms with Crippen LogP contribution in [0, 0.1) is 0 Å². The average molecular weight is 332 g/mol. The zero-order chi connectivity index (χ0) is 15.4. The zero-order valence-corrected chi connectivity index (χ0v) is 14.1. The van der Waals surface area contributed by atoms with Crippen molar-refractivity contribution in [3.8, 4) is 5.75 Å². The first kappa shape index (κ1) is 16.9. The van der Waals surface area contributed by atoms with Gasteiger partial charge in [-0.2, -0.15) is 0 Å². The summed E-state index contributed by atoms with van der Waals surface area (Å²) in [5.41, 5.74) is 7.01. The second-order valence-corrected chi connectivity index (χ2v) is 6.55. The average Bonchev–Trinajstić information content (AvgIpc) is 2.83. The molecule has 0 aliphatic carbocycles. The Labute approximate surface area is 136 Å². The maximum absolute atomic E-state index is 6.28. The van der Waals surface area contributed by atoms with E-state index in [1.807, 2.05) is 6.07 Å². The normalized spacial score (nSPS) is 23.3. The highest BCUT2D eigenvalue weighted by Crippen LogP contribution is 2.34. The van der Waals surface area contributed by atoms with Gasteiger partial charge in [0.2, 0.25) is 0 Å². The van der Waals surface area contributed by atoms with Crippen molar-refractivity contribution in [2.45, 2.75) is 57.8 Å². The summed E-state index contributed by atoms with van der Waals surface area (Å²) < 4.78 is 11.7. The lowest BCUT2D eigenvalue weighted by Crippen LogP contribution is -2.23. The third kappa shape index (κ3) is 4.75. The molecule has 3 atom stereocenters. The van der Waals surface area contributed by atoms with Gasteiger partial charge < -0.3 is 15.2 Å². The first-order chi connectivity index (χ1) is 9.99. The van der Waals surface area contributed by atoms with Crippen molar-refractivity contribution in [2.75, 3.05) is 6.61 Å². The lowest BCUT2D eigenvalue weighted by Gasteiger charge is -2.18. The van der Waals surface area contributed by atoms with E-state index in [9.17, 15) is 0 Å². The number of halogens is 2. The molecule has 1 aromatic carbocycles. The molecule has 0 radical (unpaired) electrons. The molecule has 0 saturated carbocycles. The molecular formula is C16H23Cl2NO2. The standard InChI is InChI=1S/C16H23Cl2NO2/c1-3-13(19)7-11-6-12(17)8-15(18)16(11)20-9-14-5-4-10(2)21-14/h6,8,10,13-14H,3-5,7,9,19H2,1-2H3. The fourth-order valence-corrected chi connectivity index (χ4v) is 3.13. The largest absolute Gasteiger partial charge is 0.489 e. The Morgan fingerprint density at radius 2 is 2.14 bits per heavy atom. The molecule has 1 aromatic rings. The summed E-state index contributed by atoms with van der Waals surface area (Å²) >= 11 is 12.4. The number of ether oxygens (including phenoxy) is 2. The molecule has 1 aliphatic rings. The monoisotopic (exact) mass is 331 g/mol. The summed E-state index contributed by atoms with van der Waals surface area (Å²) in [7, 11) is 0. The molecular weight excluding hydrogens is 309 g/mol. The lowest BCUT2D eigenvalue weighted by molar-refractivity contribution is 0.0263. The molecule has 0 bridgehead atoms. The molecule has 2 rings (SSSR count). The molecule has 3 nitrogen and oxygen atoms in total. The number of hydrogen-bond acceptors (Lipinski definition) is 3. The number of hydrogen-bond donors (Lipinski definition) is 1.